The van der Waals surface area contributed by atoms with Crippen molar-refractivity contribution in [1.29, 1.82) is 0 Å². The summed E-state index contributed by atoms with van der Waals surface area (Å²) in [7, 11) is 0. The van der Waals surface area contributed by atoms with Crippen LogP contribution in [0.4, 0.5) is 13.2 Å². The number of guanidine groups is 1. The van der Waals surface area contributed by atoms with E-state index in [2.05, 4.69) is 32.7 Å². The van der Waals surface area contributed by atoms with Gasteiger partial charge >= 0.3 is 6.18 Å². The highest BCUT2D eigenvalue weighted by atomic mass is 127. The van der Waals surface area contributed by atoms with Gasteiger partial charge in [-0.2, -0.15) is 13.2 Å². The van der Waals surface area contributed by atoms with Crippen LogP contribution in [0.1, 0.15) is 30.5 Å². The summed E-state index contributed by atoms with van der Waals surface area (Å²) in [5.41, 5.74) is 2.33. The lowest BCUT2D eigenvalue weighted by atomic mass is 10.0. The number of nitrogens with zero attached hydrogens (tertiary/aromatic N) is 2. The summed E-state index contributed by atoms with van der Waals surface area (Å²) in [6.45, 7) is 7.77. The highest BCUT2D eigenvalue weighted by Gasteiger charge is 2.26. The van der Waals surface area contributed by atoms with E-state index in [0.29, 0.717) is 32.3 Å². The maximum Gasteiger partial charge on any atom is 0.390 e. The number of hydrogen-bond donors (Lipinski definition) is 2. The molecule has 2 rings (SSSR count). The third-order valence-electron chi connectivity index (χ3n) is 4.38. The number of morpholine rings is 1. The van der Waals surface area contributed by atoms with E-state index in [1.54, 1.807) is 0 Å². The second kappa shape index (κ2) is 12.5. The van der Waals surface area contributed by atoms with Gasteiger partial charge in [0.25, 0.3) is 0 Å². The normalized spacial score (nSPS) is 17.0. The second-order valence-corrected chi connectivity index (χ2v) is 6.59. The summed E-state index contributed by atoms with van der Waals surface area (Å²) in [4.78, 5) is 6.88. The molecule has 1 heterocycles. The highest BCUT2D eigenvalue weighted by Crippen LogP contribution is 2.23. The van der Waals surface area contributed by atoms with Gasteiger partial charge in [0.2, 0.25) is 0 Å². The van der Waals surface area contributed by atoms with Crippen LogP contribution in [0.5, 0.6) is 0 Å². The fraction of sp³-hybridized carbons (Fsp3) is 0.632. The van der Waals surface area contributed by atoms with Crippen LogP contribution in [0, 0.1) is 6.92 Å². The van der Waals surface area contributed by atoms with Crippen molar-refractivity contribution < 1.29 is 17.9 Å². The van der Waals surface area contributed by atoms with E-state index in [-0.39, 0.29) is 36.6 Å². The van der Waals surface area contributed by atoms with Crippen molar-refractivity contribution in [3.05, 3.63) is 35.4 Å². The zero-order valence-electron chi connectivity index (χ0n) is 16.4. The highest BCUT2D eigenvalue weighted by molar-refractivity contribution is 14.0. The Bertz CT molecular complexity index is 607. The minimum Gasteiger partial charge on any atom is -0.379 e. The van der Waals surface area contributed by atoms with Crippen molar-refractivity contribution in [2.24, 2.45) is 4.99 Å². The van der Waals surface area contributed by atoms with Gasteiger partial charge in [-0.25, -0.2) is 0 Å². The van der Waals surface area contributed by atoms with Gasteiger partial charge in [0, 0.05) is 26.2 Å². The molecule has 1 aliphatic heterocycles. The van der Waals surface area contributed by atoms with E-state index in [9.17, 15) is 13.2 Å². The van der Waals surface area contributed by atoms with Crippen LogP contribution < -0.4 is 10.6 Å². The average Bonchev–Trinajstić information content (AvgIpc) is 2.62. The number of aliphatic imine (C=N–C) groups is 1. The molecule has 0 bridgehead atoms. The lowest BCUT2D eigenvalue weighted by Crippen LogP contribution is -2.42. The first-order valence-electron chi connectivity index (χ1n) is 9.36. The van der Waals surface area contributed by atoms with Crippen molar-refractivity contribution in [3.8, 4) is 0 Å². The van der Waals surface area contributed by atoms with Crippen LogP contribution in [0.2, 0.25) is 0 Å². The van der Waals surface area contributed by atoms with Crippen LogP contribution in [-0.4, -0.2) is 63.0 Å². The molecule has 1 aromatic rings. The fourth-order valence-corrected chi connectivity index (χ4v) is 3.04. The van der Waals surface area contributed by atoms with E-state index >= 15 is 0 Å². The summed E-state index contributed by atoms with van der Waals surface area (Å²) < 4.78 is 42.6. The van der Waals surface area contributed by atoms with E-state index < -0.39 is 12.6 Å². The molecule has 28 heavy (non-hydrogen) atoms. The number of alkyl halides is 3. The van der Waals surface area contributed by atoms with Crippen molar-refractivity contribution in [2.45, 2.75) is 32.5 Å². The summed E-state index contributed by atoms with van der Waals surface area (Å²) in [5, 5.41) is 5.79. The Kier molecular flexibility index (Phi) is 11.1. The Labute approximate surface area is 182 Å². The molecular weight excluding hydrogens is 484 g/mol. The molecular formula is C19H30F3IN4O. The number of ether oxygens (including phenoxy) is 1. The minimum absolute atomic E-state index is 0. The molecule has 1 aromatic carbocycles. The summed E-state index contributed by atoms with van der Waals surface area (Å²) >= 11 is 0. The summed E-state index contributed by atoms with van der Waals surface area (Å²) in [6.07, 6.45) is -5.07. The molecule has 1 saturated heterocycles. The Hall–Kier alpha value is -1.07. The molecule has 9 heteroatoms. The monoisotopic (exact) mass is 514 g/mol. The van der Waals surface area contributed by atoms with Gasteiger partial charge in [0.05, 0.1) is 32.2 Å². The number of benzene rings is 1. The molecule has 0 radical (unpaired) electrons. The standard InChI is InChI=1S/C19H29F3N4O.HI/c1-3-23-18(24-8-7-19(20,21)22)25-14-17(26-9-11-27-12-10-26)16-6-4-5-15(2)13-16;/h4-6,13,17H,3,7-12,14H2,1-2H3,(H2,23,24,25);1H. The van der Waals surface area contributed by atoms with Gasteiger partial charge in [-0.1, -0.05) is 29.8 Å². The number of aryl methyl sites for hydroxylation is 1. The van der Waals surface area contributed by atoms with Crippen LogP contribution in [0.3, 0.4) is 0 Å². The van der Waals surface area contributed by atoms with Gasteiger partial charge in [0.1, 0.15) is 0 Å². The van der Waals surface area contributed by atoms with Gasteiger partial charge in [0.15, 0.2) is 5.96 Å². The van der Waals surface area contributed by atoms with Crippen LogP contribution in [-0.2, 0) is 4.74 Å². The largest absolute Gasteiger partial charge is 0.390 e. The molecule has 0 amide bonds. The van der Waals surface area contributed by atoms with Crippen LogP contribution in [0.25, 0.3) is 0 Å². The first kappa shape index (κ1) is 25.0. The Morgan fingerprint density at radius 2 is 1.96 bits per heavy atom. The van der Waals surface area contributed by atoms with Gasteiger partial charge in [-0.05, 0) is 19.4 Å². The molecule has 1 fully saturated rings. The number of nitrogens with one attached hydrogen (secondary N) is 2. The predicted octanol–water partition coefficient (Wildman–Crippen LogP) is 3.49. The van der Waals surface area contributed by atoms with Crippen molar-refractivity contribution in [1.82, 2.24) is 15.5 Å². The molecule has 1 atom stereocenters. The molecule has 1 unspecified atom stereocenters. The van der Waals surface area contributed by atoms with E-state index in [4.69, 9.17) is 4.74 Å². The van der Waals surface area contributed by atoms with E-state index in [0.717, 1.165) is 18.7 Å². The molecule has 2 N–H and O–H groups in total. The van der Waals surface area contributed by atoms with Crippen LogP contribution >= 0.6 is 24.0 Å². The Morgan fingerprint density at radius 1 is 1.25 bits per heavy atom. The topological polar surface area (TPSA) is 48.9 Å². The molecule has 0 aliphatic carbocycles. The zero-order chi connectivity index (χ0) is 19.7. The quantitative estimate of drug-likeness (QED) is 0.333. The third-order valence-corrected chi connectivity index (χ3v) is 4.38. The summed E-state index contributed by atoms with van der Waals surface area (Å²) in [5.74, 6) is 0.410. The molecule has 5 nitrogen and oxygen atoms in total. The molecule has 160 valence electrons. The molecule has 0 aromatic heterocycles. The Morgan fingerprint density at radius 3 is 2.57 bits per heavy atom. The van der Waals surface area contributed by atoms with Crippen molar-refractivity contribution >= 4 is 29.9 Å². The lowest BCUT2D eigenvalue weighted by Gasteiger charge is -2.34. The molecule has 0 spiro atoms. The minimum atomic E-state index is -4.18. The third kappa shape index (κ3) is 8.95. The first-order valence-corrected chi connectivity index (χ1v) is 9.36. The molecule has 0 saturated carbocycles. The van der Waals surface area contributed by atoms with E-state index in [1.165, 1.54) is 5.56 Å². The number of rotatable bonds is 7. The molecule has 1 aliphatic rings. The van der Waals surface area contributed by atoms with E-state index in [1.807, 2.05) is 26.0 Å². The predicted molar refractivity (Wildman–Crippen MR) is 116 cm³/mol. The van der Waals surface area contributed by atoms with Gasteiger partial charge < -0.3 is 15.4 Å². The number of hydrogen-bond acceptors (Lipinski definition) is 3. The smallest absolute Gasteiger partial charge is 0.379 e. The first-order chi connectivity index (χ1) is 12.9. The number of halogens is 4. The fourth-order valence-electron chi connectivity index (χ4n) is 3.04. The maximum atomic E-state index is 12.4. The Balaban J connectivity index is 0.00000392. The SMILES string of the molecule is CCNC(=NCC(c1cccc(C)c1)N1CCOCC1)NCCC(F)(F)F.I. The lowest BCUT2D eigenvalue weighted by molar-refractivity contribution is -0.132. The average molecular weight is 514 g/mol. The zero-order valence-corrected chi connectivity index (χ0v) is 18.7. The van der Waals surface area contributed by atoms with Crippen molar-refractivity contribution in [3.63, 3.8) is 0 Å². The summed E-state index contributed by atoms with van der Waals surface area (Å²) in [6, 6.07) is 8.35. The van der Waals surface area contributed by atoms with Crippen molar-refractivity contribution in [2.75, 3.05) is 45.9 Å². The van der Waals surface area contributed by atoms with Gasteiger partial charge in [-0.3, -0.25) is 9.89 Å². The second-order valence-electron chi connectivity index (χ2n) is 6.59. The van der Waals surface area contributed by atoms with Crippen LogP contribution in [0.15, 0.2) is 29.3 Å². The van der Waals surface area contributed by atoms with Gasteiger partial charge in [-0.15, -0.1) is 24.0 Å². The maximum absolute atomic E-state index is 12.4.